The summed E-state index contributed by atoms with van der Waals surface area (Å²) in [4.78, 5) is 40.6. The third kappa shape index (κ3) is 5.19. The van der Waals surface area contributed by atoms with Crippen LogP contribution in [0.25, 0.3) is 0 Å². The number of nitrogens with one attached hydrogen (secondary N) is 1. The van der Waals surface area contributed by atoms with E-state index in [2.05, 4.69) is 9.69 Å². The van der Waals surface area contributed by atoms with Crippen LogP contribution in [0.15, 0.2) is 42.5 Å². The summed E-state index contributed by atoms with van der Waals surface area (Å²) in [6.45, 7) is 1.81. The Balaban J connectivity index is 1.87. The summed E-state index contributed by atoms with van der Waals surface area (Å²) in [5, 5.41) is 3.42. The van der Waals surface area contributed by atoms with Crippen LogP contribution in [0, 0.1) is 12.7 Å². The molecule has 1 aromatic heterocycles. The molecule has 8 nitrogen and oxygen atoms in total. The fraction of sp³-hybridized carbons (Fsp3) is 0.280. The summed E-state index contributed by atoms with van der Waals surface area (Å²) in [5.74, 6) is -2.46. The van der Waals surface area contributed by atoms with E-state index >= 15 is 0 Å². The number of hydrogen-bond donors (Lipinski definition) is 3. The fourth-order valence-corrected chi connectivity index (χ4v) is 5.18. The molecule has 0 radical (unpaired) electrons. The maximum absolute atomic E-state index is 14.0. The molecule has 4 rings (SSSR count). The normalized spacial score (nSPS) is 14.4. The first-order valence-electron chi connectivity index (χ1n) is 11.4. The van der Waals surface area contributed by atoms with Crippen LogP contribution >= 0.6 is 23.1 Å². The largest absolute Gasteiger partial charge is 0.395 e. The van der Waals surface area contributed by atoms with E-state index in [0.29, 0.717) is 27.8 Å². The number of amides is 3. The van der Waals surface area contributed by atoms with Gasteiger partial charge in [0.05, 0.1) is 5.69 Å². The third-order valence-electron chi connectivity index (χ3n) is 6.20. The minimum absolute atomic E-state index is 0.0334. The second kappa shape index (κ2) is 10.6. The van der Waals surface area contributed by atoms with Gasteiger partial charge in [-0.05, 0) is 66.7 Å². The zero-order valence-corrected chi connectivity index (χ0v) is 21.0. The molecule has 3 amide bonds. The van der Waals surface area contributed by atoms with Crippen LogP contribution in [0.3, 0.4) is 0 Å². The molecule has 0 aliphatic heterocycles. The Labute approximate surface area is 216 Å². The van der Waals surface area contributed by atoms with Gasteiger partial charge in [0.1, 0.15) is 16.7 Å². The standard InChI is InChI=1S/C25H25ClFN5O3S/c1-13-6-11-17(12-18(13)26)32(25(35)22-19(28)20(23(29)33)31-36-22)21(14-7-9-15(27)10-8-14)24(34)30-16-4-2-3-5-16/h6-12,16,21H,2-5,28H2,1H3,(H2,29,33)(H,30,34). The van der Waals surface area contributed by atoms with Gasteiger partial charge in [-0.3, -0.25) is 19.3 Å². The van der Waals surface area contributed by atoms with Crippen molar-refractivity contribution in [3.63, 3.8) is 0 Å². The van der Waals surface area contributed by atoms with E-state index in [1.807, 2.05) is 6.92 Å². The van der Waals surface area contributed by atoms with Crippen molar-refractivity contribution in [2.45, 2.75) is 44.7 Å². The van der Waals surface area contributed by atoms with Crippen LogP contribution in [0.5, 0.6) is 0 Å². The quantitative estimate of drug-likeness (QED) is 0.418. The Hall–Kier alpha value is -3.50. The van der Waals surface area contributed by atoms with Gasteiger partial charge in [-0.25, -0.2) is 4.39 Å². The second-order valence-electron chi connectivity index (χ2n) is 8.69. The molecule has 1 unspecified atom stereocenters. The topological polar surface area (TPSA) is 131 Å². The van der Waals surface area contributed by atoms with Crippen molar-refractivity contribution in [1.29, 1.82) is 0 Å². The molecule has 36 heavy (non-hydrogen) atoms. The summed E-state index contributed by atoms with van der Waals surface area (Å²) in [5.41, 5.74) is 12.5. The smallest absolute Gasteiger partial charge is 0.273 e. The van der Waals surface area contributed by atoms with Gasteiger partial charge < -0.3 is 16.8 Å². The van der Waals surface area contributed by atoms with E-state index in [1.165, 1.54) is 29.2 Å². The molecule has 1 aliphatic carbocycles. The molecule has 3 aromatic rings. The Bertz CT molecular complexity index is 1310. The second-order valence-corrected chi connectivity index (χ2v) is 9.87. The maximum atomic E-state index is 14.0. The molecule has 1 aliphatic rings. The highest BCUT2D eigenvalue weighted by atomic mass is 35.5. The molecule has 0 spiro atoms. The molecular weight excluding hydrogens is 505 g/mol. The number of primary amides is 1. The molecule has 1 saturated carbocycles. The van der Waals surface area contributed by atoms with Gasteiger partial charge in [-0.2, -0.15) is 4.37 Å². The average molecular weight is 530 g/mol. The number of nitrogens with zero attached hydrogens (tertiary/aromatic N) is 2. The molecular formula is C25H25ClFN5O3S. The summed E-state index contributed by atoms with van der Waals surface area (Å²) >= 11 is 7.10. The van der Waals surface area contributed by atoms with Gasteiger partial charge in [0, 0.05) is 16.8 Å². The zero-order valence-electron chi connectivity index (χ0n) is 19.5. The highest BCUT2D eigenvalue weighted by molar-refractivity contribution is 7.09. The Morgan fingerprint density at radius 2 is 1.83 bits per heavy atom. The molecule has 0 saturated heterocycles. The molecule has 1 fully saturated rings. The van der Waals surface area contributed by atoms with E-state index in [4.69, 9.17) is 23.1 Å². The van der Waals surface area contributed by atoms with Crippen LogP contribution in [0.1, 0.15) is 63.0 Å². The van der Waals surface area contributed by atoms with Crippen LogP contribution in [-0.4, -0.2) is 28.1 Å². The first-order valence-corrected chi connectivity index (χ1v) is 12.5. The van der Waals surface area contributed by atoms with Crippen molar-refractivity contribution in [1.82, 2.24) is 9.69 Å². The van der Waals surface area contributed by atoms with E-state index in [1.54, 1.807) is 18.2 Å². The highest BCUT2D eigenvalue weighted by Crippen LogP contribution is 2.35. The summed E-state index contributed by atoms with van der Waals surface area (Å²) in [7, 11) is 0. The molecule has 5 N–H and O–H groups in total. The number of nitrogens with two attached hydrogens (primary N) is 2. The van der Waals surface area contributed by atoms with Gasteiger partial charge in [0.2, 0.25) is 5.91 Å². The third-order valence-corrected chi connectivity index (χ3v) is 7.46. The number of carbonyl (C=O) groups is 3. The van der Waals surface area contributed by atoms with Gasteiger partial charge in [-0.15, -0.1) is 0 Å². The van der Waals surface area contributed by atoms with Crippen molar-refractivity contribution in [3.8, 4) is 0 Å². The monoisotopic (exact) mass is 529 g/mol. The SMILES string of the molecule is Cc1ccc(N(C(=O)c2snc(C(N)=O)c2N)C(C(=O)NC2CCCC2)c2ccc(F)cc2)cc1Cl. The van der Waals surface area contributed by atoms with Crippen LogP contribution in [-0.2, 0) is 4.79 Å². The van der Waals surface area contributed by atoms with Crippen molar-refractivity contribution < 1.29 is 18.8 Å². The van der Waals surface area contributed by atoms with Crippen molar-refractivity contribution in [2.24, 2.45) is 5.73 Å². The Morgan fingerprint density at radius 3 is 2.42 bits per heavy atom. The van der Waals surface area contributed by atoms with Crippen LogP contribution in [0.2, 0.25) is 5.02 Å². The molecule has 2 aromatic carbocycles. The molecule has 188 valence electrons. The summed E-state index contributed by atoms with van der Waals surface area (Å²) in [6.07, 6.45) is 3.65. The van der Waals surface area contributed by atoms with Gasteiger partial charge in [0.15, 0.2) is 5.69 Å². The molecule has 1 heterocycles. The van der Waals surface area contributed by atoms with Crippen LogP contribution < -0.4 is 21.7 Å². The predicted molar refractivity (Wildman–Crippen MR) is 138 cm³/mol. The van der Waals surface area contributed by atoms with Crippen molar-refractivity contribution >= 4 is 52.2 Å². The number of nitrogen functional groups attached to an aromatic ring is 1. The fourth-order valence-electron chi connectivity index (χ4n) is 4.27. The number of halogens is 2. The zero-order chi connectivity index (χ0) is 26.0. The van der Waals surface area contributed by atoms with E-state index in [-0.39, 0.29) is 22.3 Å². The van der Waals surface area contributed by atoms with Crippen molar-refractivity contribution in [3.05, 3.63) is 75.0 Å². The minimum atomic E-state index is -1.18. The van der Waals surface area contributed by atoms with Gasteiger partial charge in [0.25, 0.3) is 11.8 Å². The van der Waals surface area contributed by atoms with Crippen molar-refractivity contribution in [2.75, 3.05) is 10.6 Å². The van der Waals surface area contributed by atoms with Crippen LogP contribution in [0.4, 0.5) is 15.8 Å². The minimum Gasteiger partial charge on any atom is -0.395 e. The summed E-state index contributed by atoms with van der Waals surface area (Å²) in [6, 6.07) is 9.09. The Kier molecular flexibility index (Phi) is 7.56. The number of benzene rings is 2. The number of hydrogen-bond acceptors (Lipinski definition) is 6. The number of anilines is 2. The lowest BCUT2D eigenvalue weighted by atomic mass is 10.0. The molecule has 1 atom stereocenters. The first-order chi connectivity index (χ1) is 17.2. The van der Waals surface area contributed by atoms with E-state index in [9.17, 15) is 18.8 Å². The number of rotatable bonds is 7. The lowest BCUT2D eigenvalue weighted by Crippen LogP contribution is -2.46. The number of aryl methyl sites for hydroxylation is 1. The average Bonchev–Trinajstić information content (AvgIpc) is 3.49. The number of aromatic nitrogens is 1. The lowest BCUT2D eigenvalue weighted by molar-refractivity contribution is -0.123. The van der Waals surface area contributed by atoms with E-state index in [0.717, 1.165) is 31.2 Å². The first kappa shape index (κ1) is 25.6. The predicted octanol–water partition coefficient (Wildman–Crippen LogP) is 4.37. The molecule has 0 bridgehead atoms. The van der Waals surface area contributed by atoms with Gasteiger partial charge >= 0.3 is 0 Å². The number of carbonyl (C=O) groups excluding carboxylic acids is 3. The molecule has 11 heteroatoms. The van der Waals surface area contributed by atoms with Gasteiger partial charge in [-0.1, -0.05) is 42.6 Å². The lowest BCUT2D eigenvalue weighted by Gasteiger charge is -2.32. The summed E-state index contributed by atoms with van der Waals surface area (Å²) < 4.78 is 17.7. The highest BCUT2D eigenvalue weighted by Gasteiger charge is 2.37. The maximum Gasteiger partial charge on any atom is 0.273 e. The Morgan fingerprint density at radius 1 is 1.17 bits per heavy atom. The van der Waals surface area contributed by atoms with E-state index < -0.39 is 29.6 Å².